The summed E-state index contributed by atoms with van der Waals surface area (Å²) in [5.41, 5.74) is 3.41. The van der Waals surface area contributed by atoms with Gasteiger partial charge in [-0.1, -0.05) is 30.3 Å². The molecule has 1 aromatic carbocycles. The van der Waals surface area contributed by atoms with E-state index in [1.165, 1.54) is 5.69 Å². The monoisotopic (exact) mass is 215 g/mol. The van der Waals surface area contributed by atoms with Crippen molar-refractivity contribution in [3.63, 3.8) is 0 Å². The molecular formula is C13H17N3. The number of aryl methyl sites for hydroxylation is 1. The Hall–Kier alpha value is -1.77. The second kappa shape index (κ2) is 4.00. The van der Waals surface area contributed by atoms with Crippen molar-refractivity contribution in [1.29, 1.82) is 0 Å². The molecule has 1 aromatic heterocycles. The minimum Gasteiger partial charge on any atom is -0.317 e. The first-order valence-electron chi connectivity index (χ1n) is 5.40. The van der Waals surface area contributed by atoms with Crippen LogP contribution in [0.25, 0.3) is 11.4 Å². The van der Waals surface area contributed by atoms with E-state index in [-0.39, 0.29) is 0 Å². The molecular weight excluding hydrogens is 198 g/mol. The molecule has 3 heteroatoms. The average molecular weight is 215 g/mol. The summed E-state index contributed by atoms with van der Waals surface area (Å²) in [6, 6.07) is 10.3. The lowest BCUT2D eigenvalue weighted by molar-refractivity contribution is 0.716. The summed E-state index contributed by atoms with van der Waals surface area (Å²) in [4.78, 5) is 4.62. The second-order valence-electron chi connectivity index (χ2n) is 4.13. The van der Waals surface area contributed by atoms with E-state index < -0.39 is 0 Å². The minimum atomic E-state index is 1.00. The molecule has 0 radical (unpaired) electrons. The van der Waals surface area contributed by atoms with Gasteiger partial charge in [-0.2, -0.15) is 0 Å². The van der Waals surface area contributed by atoms with E-state index in [1.54, 1.807) is 0 Å². The number of aromatic nitrogens is 2. The van der Waals surface area contributed by atoms with Crippen LogP contribution < -0.4 is 5.01 Å². The van der Waals surface area contributed by atoms with Gasteiger partial charge in [-0.25, -0.2) is 9.66 Å². The van der Waals surface area contributed by atoms with Crippen molar-refractivity contribution >= 4 is 0 Å². The van der Waals surface area contributed by atoms with Crippen LogP contribution in [-0.4, -0.2) is 23.8 Å². The van der Waals surface area contributed by atoms with Crippen LogP contribution >= 0.6 is 0 Å². The second-order valence-corrected chi connectivity index (χ2v) is 4.13. The Kier molecular flexibility index (Phi) is 2.69. The Balaban J connectivity index is 2.62. The zero-order chi connectivity index (χ0) is 11.7. The van der Waals surface area contributed by atoms with Gasteiger partial charge in [0.05, 0.1) is 11.4 Å². The summed E-state index contributed by atoms with van der Waals surface area (Å²) >= 11 is 0. The summed E-state index contributed by atoms with van der Waals surface area (Å²) in [7, 11) is 4.06. The van der Waals surface area contributed by atoms with Crippen molar-refractivity contribution in [2.24, 2.45) is 0 Å². The number of rotatable bonds is 2. The molecule has 0 atom stereocenters. The molecule has 0 fully saturated rings. The fraction of sp³-hybridized carbons (Fsp3) is 0.308. The molecule has 0 unspecified atom stereocenters. The largest absolute Gasteiger partial charge is 0.317 e. The van der Waals surface area contributed by atoms with Crippen LogP contribution in [0.4, 0.5) is 0 Å². The highest BCUT2D eigenvalue weighted by molar-refractivity contribution is 5.57. The molecule has 0 N–H and O–H groups in total. The number of nitrogens with zero attached hydrogens (tertiary/aromatic N) is 3. The number of hydrogen-bond donors (Lipinski definition) is 0. The molecule has 2 aromatic rings. The molecule has 0 aliphatic heterocycles. The molecule has 16 heavy (non-hydrogen) atoms. The predicted octanol–water partition coefficient (Wildman–Crippen LogP) is 2.36. The van der Waals surface area contributed by atoms with Gasteiger partial charge in [-0.3, -0.25) is 0 Å². The topological polar surface area (TPSA) is 21.1 Å². The summed E-state index contributed by atoms with van der Waals surface area (Å²) in [6.45, 7) is 4.14. The normalized spacial score (nSPS) is 10.5. The molecule has 0 aliphatic carbocycles. The minimum absolute atomic E-state index is 1.00. The quantitative estimate of drug-likeness (QED) is 0.767. The van der Waals surface area contributed by atoms with Crippen LogP contribution in [0.2, 0.25) is 0 Å². The van der Waals surface area contributed by atoms with E-state index in [2.05, 4.69) is 33.7 Å². The zero-order valence-corrected chi connectivity index (χ0v) is 10.2. The highest BCUT2D eigenvalue weighted by atomic mass is 15.5. The van der Waals surface area contributed by atoms with E-state index in [4.69, 9.17) is 0 Å². The summed E-state index contributed by atoms with van der Waals surface area (Å²) in [5.74, 6) is 1.00. The smallest absolute Gasteiger partial charge is 0.159 e. The van der Waals surface area contributed by atoms with Crippen LogP contribution in [0.3, 0.4) is 0 Å². The third kappa shape index (κ3) is 1.69. The number of benzene rings is 1. The molecule has 0 saturated heterocycles. The molecule has 0 bridgehead atoms. The maximum atomic E-state index is 4.62. The third-order valence-electron chi connectivity index (χ3n) is 2.75. The zero-order valence-electron chi connectivity index (χ0n) is 10.2. The highest BCUT2D eigenvalue weighted by Gasteiger charge is 2.13. The van der Waals surface area contributed by atoms with Gasteiger partial charge in [0, 0.05) is 19.7 Å². The molecule has 0 spiro atoms. The fourth-order valence-corrected chi connectivity index (χ4v) is 1.86. The first kappa shape index (κ1) is 10.7. The number of imidazole rings is 1. The van der Waals surface area contributed by atoms with E-state index in [0.717, 1.165) is 17.1 Å². The summed E-state index contributed by atoms with van der Waals surface area (Å²) in [6.07, 6.45) is 0. The highest BCUT2D eigenvalue weighted by Crippen LogP contribution is 2.21. The van der Waals surface area contributed by atoms with E-state index in [9.17, 15) is 0 Å². The summed E-state index contributed by atoms with van der Waals surface area (Å²) < 4.78 is 2.13. The standard InChI is InChI=1S/C13H17N3/c1-10-11(2)16(15(3)4)13(14-10)12-8-6-5-7-9-12/h5-9H,1-4H3. The van der Waals surface area contributed by atoms with Gasteiger partial charge in [0.2, 0.25) is 0 Å². The molecule has 84 valence electrons. The Morgan fingerprint density at radius 2 is 1.69 bits per heavy atom. The molecule has 2 rings (SSSR count). The Labute approximate surface area is 96.3 Å². The van der Waals surface area contributed by atoms with Crippen LogP contribution in [-0.2, 0) is 0 Å². The average Bonchev–Trinajstić information content (AvgIpc) is 2.57. The van der Waals surface area contributed by atoms with Crippen molar-refractivity contribution in [1.82, 2.24) is 9.66 Å². The van der Waals surface area contributed by atoms with Crippen LogP contribution in [0, 0.1) is 13.8 Å². The predicted molar refractivity (Wildman–Crippen MR) is 67.2 cm³/mol. The molecule has 0 aliphatic rings. The summed E-state index contributed by atoms with van der Waals surface area (Å²) in [5, 5.41) is 2.05. The lowest BCUT2D eigenvalue weighted by Crippen LogP contribution is -2.26. The molecule has 0 amide bonds. The maximum Gasteiger partial charge on any atom is 0.159 e. The van der Waals surface area contributed by atoms with Crippen LogP contribution in [0.1, 0.15) is 11.4 Å². The third-order valence-corrected chi connectivity index (χ3v) is 2.75. The lowest BCUT2D eigenvalue weighted by Gasteiger charge is -2.19. The van der Waals surface area contributed by atoms with Gasteiger partial charge in [0.15, 0.2) is 5.82 Å². The van der Waals surface area contributed by atoms with Crippen molar-refractivity contribution in [3.8, 4) is 11.4 Å². The fourth-order valence-electron chi connectivity index (χ4n) is 1.86. The molecule has 0 saturated carbocycles. The van der Waals surface area contributed by atoms with E-state index in [0.29, 0.717) is 0 Å². The van der Waals surface area contributed by atoms with Gasteiger partial charge in [0.25, 0.3) is 0 Å². The van der Waals surface area contributed by atoms with Crippen LogP contribution in [0.15, 0.2) is 30.3 Å². The van der Waals surface area contributed by atoms with Gasteiger partial charge in [-0.05, 0) is 13.8 Å². The van der Waals surface area contributed by atoms with Gasteiger partial charge in [-0.15, -0.1) is 0 Å². The molecule has 3 nitrogen and oxygen atoms in total. The first-order valence-corrected chi connectivity index (χ1v) is 5.40. The van der Waals surface area contributed by atoms with Gasteiger partial charge in [0.1, 0.15) is 0 Å². The van der Waals surface area contributed by atoms with Gasteiger partial charge < -0.3 is 5.01 Å². The lowest BCUT2D eigenvalue weighted by atomic mass is 10.2. The van der Waals surface area contributed by atoms with E-state index >= 15 is 0 Å². The van der Waals surface area contributed by atoms with Crippen molar-refractivity contribution in [3.05, 3.63) is 41.7 Å². The van der Waals surface area contributed by atoms with Crippen molar-refractivity contribution < 1.29 is 0 Å². The Morgan fingerprint density at radius 1 is 1.06 bits per heavy atom. The Bertz CT molecular complexity index is 483. The maximum absolute atomic E-state index is 4.62. The Morgan fingerprint density at radius 3 is 2.25 bits per heavy atom. The number of hydrogen-bond acceptors (Lipinski definition) is 2. The first-order chi connectivity index (χ1) is 7.61. The van der Waals surface area contributed by atoms with Crippen LogP contribution in [0.5, 0.6) is 0 Å². The van der Waals surface area contributed by atoms with Gasteiger partial charge >= 0.3 is 0 Å². The molecule has 1 heterocycles. The van der Waals surface area contributed by atoms with E-state index in [1.807, 2.05) is 39.2 Å². The SMILES string of the molecule is Cc1nc(-c2ccccc2)n(N(C)C)c1C. The van der Waals surface area contributed by atoms with Crippen molar-refractivity contribution in [2.75, 3.05) is 19.1 Å². The van der Waals surface area contributed by atoms with Crippen molar-refractivity contribution in [2.45, 2.75) is 13.8 Å².